The van der Waals surface area contributed by atoms with Crippen molar-refractivity contribution in [2.45, 2.75) is 39.0 Å². The number of hydrogen-bond acceptors (Lipinski definition) is 2. The Kier molecular flexibility index (Phi) is 3.49. The average molecular weight is 238 g/mol. The van der Waals surface area contributed by atoms with Gasteiger partial charge in [-0.05, 0) is 25.0 Å². The average Bonchev–Trinajstić information content (AvgIpc) is 2.68. The lowest BCUT2D eigenvalue weighted by molar-refractivity contribution is 0.441. The third kappa shape index (κ3) is 2.22. The first-order valence-corrected chi connectivity index (χ1v) is 6.18. The Morgan fingerprint density at radius 1 is 1.38 bits per heavy atom. The molecule has 2 nitrogen and oxygen atoms in total. The molecule has 0 aliphatic rings. The maximum Gasteiger partial charge on any atom is 0.198 e. The van der Waals surface area contributed by atoms with Gasteiger partial charge < -0.3 is 4.42 Å². The minimum Gasteiger partial charge on any atom is -0.440 e. The Labute approximate surface area is 101 Å². The van der Waals surface area contributed by atoms with E-state index in [4.69, 9.17) is 16.0 Å². The van der Waals surface area contributed by atoms with Crippen LogP contribution in [0.25, 0.3) is 11.1 Å². The molecule has 2 aromatic rings. The van der Waals surface area contributed by atoms with E-state index in [0.29, 0.717) is 10.9 Å². The molecule has 1 atom stereocenters. The van der Waals surface area contributed by atoms with E-state index >= 15 is 0 Å². The fraction of sp³-hybridized carbons (Fsp3) is 0.462. The molecule has 0 saturated heterocycles. The van der Waals surface area contributed by atoms with Gasteiger partial charge in [0.2, 0.25) is 0 Å². The Morgan fingerprint density at radius 2 is 2.19 bits per heavy atom. The van der Waals surface area contributed by atoms with E-state index in [-0.39, 0.29) is 0 Å². The molecule has 0 aliphatic carbocycles. The van der Waals surface area contributed by atoms with Gasteiger partial charge in [0.15, 0.2) is 11.5 Å². The van der Waals surface area contributed by atoms with Gasteiger partial charge in [-0.2, -0.15) is 0 Å². The second kappa shape index (κ2) is 4.88. The topological polar surface area (TPSA) is 26.0 Å². The molecule has 2 rings (SSSR count). The van der Waals surface area contributed by atoms with Crippen LogP contribution in [0.5, 0.6) is 0 Å². The first-order valence-electron chi connectivity index (χ1n) is 5.80. The van der Waals surface area contributed by atoms with E-state index in [9.17, 15) is 0 Å². The summed E-state index contributed by atoms with van der Waals surface area (Å²) in [7, 11) is 0. The van der Waals surface area contributed by atoms with Crippen molar-refractivity contribution in [3.63, 3.8) is 0 Å². The smallest absolute Gasteiger partial charge is 0.198 e. The van der Waals surface area contributed by atoms with Crippen LogP contribution in [-0.4, -0.2) is 4.98 Å². The molecular weight excluding hydrogens is 222 g/mol. The summed E-state index contributed by atoms with van der Waals surface area (Å²) in [6.07, 6.45) is 3.34. The maximum atomic E-state index is 5.91. The molecule has 0 fully saturated rings. The Morgan fingerprint density at radius 3 is 2.88 bits per heavy atom. The SMILES string of the molecule is CCCC(CC)c1nc2ccc(Cl)cc2o1. The minimum atomic E-state index is 0.427. The van der Waals surface area contributed by atoms with Crippen LogP contribution < -0.4 is 0 Å². The van der Waals surface area contributed by atoms with Gasteiger partial charge in [-0.25, -0.2) is 4.98 Å². The standard InChI is InChI=1S/C13H16ClNO/c1-3-5-9(4-2)13-15-11-7-6-10(14)8-12(11)16-13/h6-9H,3-5H2,1-2H3. The summed E-state index contributed by atoms with van der Waals surface area (Å²) in [4.78, 5) is 4.52. The Balaban J connectivity index is 2.37. The van der Waals surface area contributed by atoms with Crippen LogP contribution in [0.15, 0.2) is 22.6 Å². The number of oxazole rings is 1. The number of halogens is 1. The lowest BCUT2D eigenvalue weighted by Crippen LogP contribution is -1.96. The number of benzene rings is 1. The molecule has 0 radical (unpaired) electrons. The van der Waals surface area contributed by atoms with Crippen molar-refractivity contribution < 1.29 is 4.42 Å². The molecular formula is C13H16ClNO. The molecule has 0 aliphatic heterocycles. The van der Waals surface area contributed by atoms with Crippen LogP contribution in [0, 0.1) is 0 Å². The number of rotatable bonds is 4. The third-order valence-corrected chi connectivity index (χ3v) is 3.08. The van der Waals surface area contributed by atoms with E-state index in [1.165, 1.54) is 0 Å². The van der Waals surface area contributed by atoms with Gasteiger partial charge in [-0.3, -0.25) is 0 Å². The summed E-state index contributed by atoms with van der Waals surface area (Å²) >= 11 is 5.91. The fourth-order valence-electron chi connectivity index (χ4n) is 1.94. The van der Waals surface area contributed by atoms with Crippen molar-refractivity contribution >= 4 is 22.7 Å². The van der Waals surface area contributed by atoms with Crippen molar-refractivity contribution in [3.8, 4) is 0 Å². The van der Waals surface area contributed by atoms with E-state index < -0.39 is 0 Å². The molecule has 0 spiro atoms. The number of hydrogen-bond donors (Lipinski definition) is 0. The van der Waals surface area contributed by atoms with Gasteiger partial charge in [0, 0.05) is 17.0 Å². The summed E-state index contributed by atoms with van der Waals surface area (Å²) < 4.78 is 5.76. The highest BCUT2D eigenvalue weighted by Crippen LogP contribution is 2.28. The van der Waals surface area contributed by atoms with E-state index in [0.717, 1.165) is 36.3 Å². The highest BCUT2D eigenvalue weighted by atomic mass is 35.5. The van der Waals surface area contributed by atoms with Crippen molar-refractivity contribution in [2.75, 3.05) is 0 Å². The first kappa shape index (κ1) is 11.5. The van der Waals surface area contributed by atoms with Gasteiger partial charge in [0.25, 0.3) is 0 Å². The van der Waals surface area contributed by atoms with Gasteiger partial charge in [0.1, 0.15) is 5.52 Å². The largest absolute Gasteiger partial charge is 0.440 e. The summed E-state index contributed by atoms with van der Waals surface area (Å²) in [6.45, 7) is 4.35. The normalized spacial score (nSPS) is 13.2. The lowest BCUT2D eigenvalue weighted by atomic mass is 10.0. The molecule has 1 aromatic heterocycles. The molecule has 0 saturated carbocycles. The molecule has 3 heteroatoms. The maximum absolute atomic E-state index is 5.91. The molecule has 1 heterocycles. The quantitative estimate of drug-likeness (QED) is 0.765. The summed E-state index contributed by atoms with van der Waals surface area (Å²) in [5, 5.41) is 0.693. The second-order valence-corrected chi connectivity index (χ2v) is 4.49. The summed E-state index contributed by atoms with van der Waals surface area (Å²) in [5.41, 5.74) is 1.69. The monoisotopic (exact) mass is 237 g/mol. The minimum absolute atomic E-state index is 0.427. The number of aromatic nitrogens is 1. The van der Waals surface area contributed by atoms with Gasteiger partial charge >= 0.3 is 0 Å². The van der Waals surface area contributed by atoms with Crippen LogP contribution in [0.2, 0.25) is 5.02 Å². The molecule has 0 N–H and O–H groups in total. The Hall–Kier alpha value is -1.02. The highest BCUT2D eigenvalue weighted by molar-refractivity contribution is 6.31. The van der Waals surface area contributed by atoms with Crippen molar-refractivity contribution in [2.24, 2.45) is 0 Å². The molecule has 86 valence electrons. The fourth-order valence-corrected chi connectivity index (χ4v) is 2.10. The first-order chi connectivity index (χ1) is 7.74. The van der Waals surface area contributed by atoms with Crippen molar-refractivity contribution in [1.29, 1.82) is 0 Å². The molecule has 0 bridgehead atoms. The molecule has 16 heavy (non-hydrogen) atoms. The van der Waals surface area contributed by atoms with Crippen LogP contribution in [0.1, 0.15) is 44.9 Å². The summed E-state index contributed by atoms with van der Waals surface area (Å²) in [6, 6.07) is 5.58. The lowest BCUT2D eigenvalue weighted by Gasteiger charge is -2.07. The van der Waals surface area contributed by atoms with Crippen LogP contribution >= 0.6 is 11.6 Å². The number of fused-ring (bicyclic) bond motifs is 1. The predicted molar refractivity (Wildman–Crippen MR) is 67.0 cm³/mol. The van der Waals surface area contributed by atoms with Crippen LogP contribution in [0.4, 0.5) is 0 Å². The van der Waals surface area contributed by atoms with Gasteiger partial charge in [-0.15, -0.1) is 0 Å². The predicted octanol–water partition coefficient (Wildman–Crippen LogP) is 4.77. The number of nitrogens with zero attached hydrogens (tertiary/aromatic N) is 1. The van der Waals surface area contributed by atoms with Crippen molar-refractivity contribution in [1.82, 2.24) is 4.98 Å². The van der Waals surface area contributed by atoms with E-state index in [1.807, 2.05) is 18.2 Å². The molecule has 1 unspecified atom stereocenters. The Bertz CT molecular complexity index is 478. The summed E-state index contributed by atoms with van der Waals surface area (Å²) in [5.74, 6) is 1.28. The second-order valence-electron chi connectivity index (χ2n) is 4.06. The van der Waals surface area contributed by atoms with Crippen molar-refractivity contribution in [3.05, 3.63) is 29.1 Å². The zero-order valence-electron chi connectivity index (χ0n) is 9.66. The van der Waals surface area contributed by atoms with Crippen LogP contribution in [-0.2, 0) is 0 Å². The van der Waals surface area contributed by atoms with Gasteiger partial charge in [-0.1, -0.05) is 31.9 Å². The van der Waals surface area contributed by atoms with E-state index in [2.05, 4.69) is 18.8 Å². The molecule has 0 amide bonds. The van der Waals surface area contributed by atoms with Crippen LogP contribution in [0.3, 0.4) is 0 Å². The zero-order chi connectivity index (χ0) is 11.5. The highest BCUT2D eigenvalue weighted by Gasteiger charge is 2.15. The zero-order valence-corrected chi connectivity index (χ0v) is 10.4. The van der Waals surface area contributed by atoms with E-state index in [1.54, 1.807) is 0 Å². The third-order valence-electron chi connectivity index (χ3n) is 2.85. The van der Waals surface area contributed by atoms with Gasteiger partial charge in [0.05, 0.1) is 0 Å². The molecule has 1 aromatic carbocycles.